The Balaban J connectivity index is 2.98. The van der Waals surface area contributed by atoms with E-state index in [1.165, 1.54) is 64.2 Å². The number of rotatable bonds is 12. The molecule has 0 fully saturated rings. The van der Waals surface area contributed by atoms with E-state index in [-0.39, 0.29) is 0 Å². The van der Waals surface area contributed by atoms with E-state index >= 15 is 0 Å². The summed E-state index contributed by atoms with van der Waals surface area (Å²) in [5.74, 6) is 0. The van der Waals surface area contributed by atoms with Crippen molar-refractivity contribution in [3.8, 4) is 0 Å². The van der Waals surface area contributed by atoms with Gasteiger partial charge in [-0.2, -0.15) is 0 Å². The van der Waals surface area contributed by atoms with Crippen LogP contribution in [0.1, 0.15) is 77.6 Å². The third kappa shape index (κ3) is 15.3. The van der Waals surface area contributed by atoms with Crippen molar-refractivity contribution < 1.29 is 5.11 Å². The highest BCUT2D eigenvalue weighted by atomic mass is 16.2. The fourth-order valence-electron chi connectivity index (χ4n) is 1.89. The van der Waals surface area contributed by atoms with E-state index in [0.717, 1.165) is 12.7 Å². The van der Waals surface area contributed by atoms with Gasteiger partial charge in [-0.05, 0) is 32.1 Å². The van der Waals surface area contributed by atoms with Crippen molar-refractivity contribution in [3.63, 3.8) is 0 Å². The highest BCUT2D eigenvalue weighted by molar-refractivity contribution is 4.80. The van der Waals surface area contributed by atoms with E-state index in [0.29, 0.717) is 0 Å². The van der Waals surface area contributed by atoms with Gasteiger partial charge in [-0.1, -0.05) is 63.7 Å². The third-order valence-corrected chi connectivity index (χ3v) is 2.97. The van der Waals surface area contributed by atoms with Crippen LogP contribution in [0.15, 0.2) is 24.5 Å². The van der Waals surface area contributed by atoms with Crippen LogP contribution in [0.5, 0.6) is 0 Å². The number of allylic oxidation sites excluding steroid dienone is 3. The predicted octanol–water partition coefficient (Wildman–Crippen LogP) is 5.93. The topological polar surface area (TPSA) is 20.2 Å². The van der Waals surface area contributed by atoms with Crippen molar-refractivity contribution in [2.45, 2.75) is 77.6 Å². The van der Waals surface area contributed by atoms with Gasteiger partial charge in [-0.3, -0.25) is 0 Å². The van der Waals surface area contributed by atoms with Gasteiger partial charge in [0.25, 0.3) is 0 Å². The first-order valence-electron chi connectivity index (χ1n) is 7.36. The SMILES string of the molecule is CCCC=CCCCCCCCCCC=CO. The number of unbranched alkanes of at least 4 members (excludes halogenated alkanes) is 9. The van der Waals surface area contributed by atoms with E-state index in [1.54, 1.807) is 0 Å². The second-order valence-electron chi connectivity index (χ2n) is 4.70. The molecule has 0 aliphatic carbocycles. The van der Waals surface area contributed by atoms with Crippen LogP contribution in [0, 0.1) is 0 Å². The molecule has 1 heteroatoms. The Morgan fingerprint density at radius 1 is 0.647 bits per heavy atom. The van der Waals surface area contributed by atoms with Crippen molar-refractivity contribution >= 4 is 0 Å². The maximum atomic E-state index is 8.46. The number of hydrogen-bond acceptors (Lipinski definition) is 1. The molecule has 0 rings (SSSR count). The summed E-state index contributed by atoms with van der Waals surface area (Å²) in [5.41, 5.74) is 0. The van der Waals surface area contributed by atoms with Gasteiger partial charge in [0.1, 0.15) is 0 Å². The van der Waals surface area contributed by atoms with E-state index in [1.807, 2.05) is 6.08 Å². The van der Waals surface area contributed by atoms with Gasteiger partial charge < -0.3 is 5.11 Å². The summed E-state index contributed by atoms with van der Waals surface area (Å²) in [6, 6.07) is 0. The second kappa shape index (κ2) is 15.3. The van der Waals surface area contributed by atoms with Crippen molar-refractivity contribution in [3.05, 3.63) is 24.5 Å². The van der Waals surface area contributed by atoms with Crippen molar-refractivity contribution in [2.24, 2.45) is 0 Å². The van der Waals surface area contributed by atoms with Gasteiger partial charge in [-0.25, -0.2) is 0 Å². The highest BCUT2D eigenvalue weighted by Gasteiger charge is 1.90. The first kappa shape index (κ1) is 16.3. The summed E-state index contributed by atoms with van der Waals surface area (Å²) in [5, 5.41) is 8.46. The lowest BCUT2D eigenvalue weighted by molar-refractivity contribution is 0.469. The molecule has 0 aromatic carbocycles. The Morgan fingerprint density at radius 2 is 1.12 bits per heavy atom. The van der Waals surface area contributed by atoms with Crippen LogP contribution in [0.2, 0.25) is 0 Å². The summed E-state index contributed by atoms with van der Waals surface area (Å²) < 4.78 is 0. The number of aliphatic hydroxyl groups is 1. The molecular formula is C16H30O. The maximum Gasteiger partial charge on any atom is 0.0751 e. The van der Waals surface area contributed by atoms with Crippen LogP contribution >= 0.6 is 0 Å². The molecule has 0 aliphatic heterocycles. The quantitative estimate of drug-likeness (QED) is 0.254. The molecular weight excluding hydrogens is 208 g/mol. The molecule has 0 saturated carbocycles. The van der Waals surface area contributed by atoms with Crippen LogP contribution in [0.25, 0.3) is 0 Å². The van der Waals surface area contributed by atoms with Crippen LogP contribution in [0.3, 0.4) is 0 Å². The summed E-state index contributed by atoms with van der Waals surface area (Å²) in [4.78, 5) is 0. The molecule has 0 atom stereocenters. The minimum Gasteiger partial charge on any atom is -0.516 e. The molecule has 0 aromatic rings. The lowest BCUT2D eigenvalue weighted by atomic mass is 10.1. The Morgan fingerprint density at radius 3 is 1.65 bits per heavy atom. The van der Waals surface area contributed by atoms with Crippen LogP contribution in [-0.2, 0) is 0 Å². The zero-order chi connectivity index (χ0) is 12.6. The molecule has 0 saturated heterocycles. The monoisotopic (exact) mass is 238 g/mol. The summed E-state index contributed by atoms with van der Waals surface area (Å²) in [6.07, 6.45) is 21.8. The fourth-order valence-corrected chi connectivity index (χ4v) is 1.89. The predicted molar refractivity (Wildman–Crippen MR) is 77.4 cm³/mol. The first-order valence-corrected chi connectivity index (χ1v) is 7.36. The minimum absolute atomic E-state index is 1.03. The molecule has 1 nitrogen and oxygen atoms in total. The largest absolute Gasteiger partial charge is 0.516 e. The first-order chi connectivity index (χ1) is 8.41. The third-order valence-electron chi connectivity index (χ3n) is 2.97. The number of aliphatic hydroxyl groups excluding tert-OH is 1. The maximum absolute atomic E-state index is 8.46. The second-order valence-corrected chi connectivity index (χ2v) is 4.70. The molecule has 0 aromatic heterocycles. The lowest BCUT2D eigenvalue weighted by Crippen LogP contribution is -1.80. The van der Waals surface area contributed by atoms with E-state index < -0.39 is 0 Å². The number of hydrogen-bond donors (Lipinski definition) is 1. The molecule has 1 N–H and O–H groups in total. The van der Waals surface area contributed by atoms with Gasteiger partial charge in [0.2, 0.25) is 0 Å². The lowest BCUT2D eigenvalue weighted by Gasteiger charge is -2.00. The smallest absolute Gasteiger partial charge is 0.0751 e. The minimum atomic E-state index is 1.03. The Kier molecular flexibility index (Phi) is 14.6. The molecule has 0 radical (unpaired) electrons. The molecule has 0 bridgehead atoms. The fraction of sp³-hybridized carbons (Fsp3) is 0.750. The molecule has 0 amide bonds. The average Bonchev–Trinajstić information content (AvgIpc) is 2.35. The molecule has 100 valence electrons. The summed E-state index contributed by atoms with van der Waals surface area (Å²) >= 11 is 0. The zero-order valence-corrected chi connectivity index (χ0v) is 11.5. The van der Waals surface area contributed by atoms with E-state index in [9.17, 15) is 0 Å². The molecule has 0 aliphatic rings. The van der Waals surface area contributed by atoms with E-state index in [4.69, 9.17) is 5.11 Å². The average molecular weight is 238 g/mol. The van der Waals surface area contributed by atoms with Crippen molar-refractivity contribution in [2.75, 3.05) is 0 Å². The van der Waals surface area contributed by atoms with Crippen LogP contribution in [0.4, 0.5) is 0 Å². The normalized spacial score (nSPS) is 11.8. The van der Waals surface area contributed by atoms with Crippen molar-refractivity contribution in [1.82, 2.24) is 0 Å². The standard InChI is InChI=1S/C16H30O/c1-2-3-4-5-6-7-8-9-10-11-12-13-14-15-16-17/h4-5,15-17H,2-3,6-14H2,1H3. The Bertz CT molecular complexity index is 182. The van der Waals surface area contributed by atoms with Gasteiger partial charge in [-0.15, -0.1) is 0 Å². The van der Waals surface area contributed by atoms with Gasteiger partial charge in [0.05, 0.1) is 6.26 Å². The molecule has 17 heavy (non-hydrogen) atoms. The molecule has 0 spiro atoms. The van der Waals surface area contributed by atoms with Crippen LogP contribution < -0.4 is 0 Å². The summed E-state index contributed by atoms with van der Waals surface area (Å²) in [7, 11) is 0. The van der Waals surface area contributed by atoms with Crippen molar-refractivity contribution in [1.29, 1.82) is 0 Å². The van der Waals surface area contributed by atoms with E-state index in [2.05, 4.69) is 19.1 Å². The Hall–Kier alpha value is -0.720. The van der Waals surface area contributed by atoms with Gasteiger partial charge >= 0.3 is 0 Å². The molecule has 0 unspecified atom stereocenters. The molecule has 0 heterocycles. The summed E-state index contributed by atoms with van der Waals surface area (Å²) in [6.45, 7) is 2.22. The van der Waals surface area contributed by atoms with Crippen LogP contribution in [-0.4, -0.2) is 5.11 Å². The Labute approximate surface area is 108 Å². The van der Waals surface area contributed by atoms with Gasteiger partial charge in [0.15, 0.2) is 0 Å². The van der Waals surface area contributed by atoms with Gasteiger partial charge in [0, 0.05) is 0 Å². The zero-order valence-electron chi connectivity index (χ0n) is 11.5. The highest BCUT2D eigenvalue weighted by Crippen LogP contribution is 2.10.